The van der Waals surface area contributed by atoms with Crippen LogP contribution in [-0.4, -0.2) is 17.8 Å². The summed E-state index contributed by atoms with van der Waals surface area (Å²) in [6, 6.07) is 8.88. The largest absolute Gasteiger partial charge is 0.396 e. The molecule has 0 saturated heterocycles. The van der Waals surface area contributed by atoms with Crippen LogP contribution in [0.2, 0.25) is 0 Å². The fourth-order valence-electron chi connectivity index (χ4n) is 1.29. The predicted octanol–water partition coefficient (Wildman–Crippen LogP) is 1.86. The maximum absolute atomic E-state index is 8.73. The highest BCUT2D eigenvalue weighted by molar-refractivity contribution is 5.21. The normalized spacial score (nSPS) is 12.8. The molecular weight excluding hydrogens is 174 g/mol. The Hall–Kier alpha value is -0.860. The second kappa shape index (κ2) is 5.78. The summed E-state index contributed by atoms with van der Waals surface area (Å²) in [5.41, 5.74) is 2.58. The highest BCUT2D eigenvalue weighted by Crippen LogP contribution is 2.03. The first kappa shape index (κ1) is 11.2. The van der Waals surface area contributed by atoms with Crippen LogP contribution in [-0.2, 0) is 6.54 Å². The van der Waals surface area contributed by atoms with Crippen LogP contribution >= 0.6 is 0 Å². The molecular formula is C12H19NO. The van der Waals surface area contributed by atoms with Gasteiger partial charge in [0, 0.05) is 19.2 Å². The van der Waals surface area contributed by atoms with Crippen molar-refractivity contribution < 1.29 is 5.11 Å². The zero-order chi connectivity index (χ0) is 10.4. The summed E-state index contributed by atoms with van der Waals surface area (Å²) < 4.78 is 0. The van der Waals surface area contributed by atoms with Crippen LogP contribution in [0.5, 0.6) is 0 Å². The summed E-state index contributed by atoms with van der Waals surface area (Å²) in [5.74, 6) is 0. The van der Waals surface area contributed by atoms with Crippen LogP contribution in [0.1, 0.15) is 24.5 Å². The molecule has 0 aromatic heterocycles. The Bertz CT molecular complexity index is 256. The second-order valence-corrected chi connectivity index (χ2v) is 3.78. The lowest BCUT2D eigenvalue weighted by Crippen LogP contribution is -2.26. The lowest BCUT2D eigenvalue weighted by Gasteiger charge is -2.12. The van der Waals surface area contributed by atoms with Crippen LogP contribution in [0.25, 0.3) is 0 Å². The Morgan fingerprint density at radius 1 is 1.29 bits per heavy atom. The van der Waals surface area contributed by atoms with Gasteiger partial charge in [-0.3, -0.25) is 0 Å². The number of aliphatic hydroxyl groups is 1. The fourth-order valence-corrected chi connectivity index (χ4v) is 1.29. The average molecular weight is 193 g/mol. The molecule has 0 bridgehead atoms. The molecule has 1 atom stereocenters. The molecule has 0 spiro atoms. The molecule has 78 valence electrons. The minimum atomic E-state index is 0.252. The molecule has 0 heterocycles. The highest BCUT2D eigenvalue weighted by atomic mass is 16.3. The molecule has 14 heavy (non-hydrogen) atoms. The molecule has 1 rings (SSSR count). The van der Waals surface area contributed by atoms with Crippen LogP contribution in [0.15, 0.2) is 24.3 Å². The van der Waals surface area contributed by atoms with E-state index in [2.05, 4.69) is 43.4 Å². The van der Waals surface area contributed by atoms with Crippen LogP contribution < -0.4 is 5.32 Å². The average Bonchev–Trinajstić information content (AvgIpc) is 2.17. The molecule has 2 heteroatoms. The minimum Gasteiger partial charge on any atom is -0.396 e. The predicted molar refractivity (Wildman–Crippen MR) is 59.2 cm³/mol. The van der Waals surface area contributed by atoms with Gasteiger partial charge in [0.15, 0.2) is 0 Å². The number of nitrogens with one attached hydrogen (secondary N) is 1. The Labute approximate surface area is 86.0 Å². The lowest BCUT2D eigenvalue weighted by atomic mass is 10.1. The van der Waals surface area contributed by atoms with E-state index in [1.165, 1.54) is 11.1 Å². The first-order valence-electron chi connectivity index (χ1n) is 5.12. The zero-order valence-electron chi connectivity index (χ0n) is 8.96. The molecule has 0 amide bonds. The summed E-state index contributed by atoms with van der Waals surface area (Å²) in [5, 5.41) is 12.1. The van der Waals surface area contributed by atoms with E-state index >= 15 is 0 Å². The smallest absolute Gasteiger partial charge is 0.0445 e. The van der Waals surface area contributed by atoms with Gasteiger partial charge in [-0.05, 0) is 25.8 Å². The molecule has 0 aliphatic heterocycles. The summed E-state index contributed by atoms with van der Waals surface area (Å²) in [6.07, 6.45) is 0.811. The van der Waals surface area contributed by atoms with E-state index in [1.807, 2.05) is 0 Å². The highest BCUT2D eigenvalue weighted by Gasteiger charge is 1.99. The lowest BCUT2D eigenvalue weighted by molar-refractivity contribution is 0.268. The molecule has 1 aromatic rings. The molecule has 1 unspecified atom stereocenters. The van der Waals surface area contributed by atoms with Gasteiger partial charge in [0.25, 0.3) is 0 Å². The van der Waals surface area contributed by atoms with Crippen molar-refractivity contribution in [3.8, 4) is 0 Å². The van der Waals surface area contributed by atoms with Gasteiger partial charge >= 0.3 is 0 Å². The molecule has 0 radical (unpaired) electrons. The monoisotopic (exact) mass is 193 g/mol. The van der Waals surface area contributed by atoms with Gasteiger partial charge in [0.2, 0.25) is 0 Å². The Kier molecular flexibility index (Phi) is 4.63. The standard InChI is InChI=1S/C12H19NO/c1-10-3-5-12(6-4-10)9-13-11(2)7-8-14/h3-6,11,13-14H,7-9H2,1-2H3. The van der Waals surface area contributed by atoms with Crippen molar-refractivity contribution >= 4 is 0 Å². The van der Waals surface area contributed by atoms with E-state index in [4.69, 9.17) is 5.11 Å². The first-order chi connectivity index (χ1) is 6.72. The molecule has 0 aliphatic carbocycles. The van der Waals surface area contributed by atoms with Crippen LogP contribution in [0.3, 0.4) is 0 Å². The van der Waals surface area contributed by atoms with E-state index in [0.29, 0.717) is 6.04 Å². The third-order valence-corrected chi connectivity index (χ3v) is 2.34. The molecule has 2 nitrogen and oxygen atoms in total. The topological polar surface area (TPSA) is 32.3 Å². The molecule has 2 N–H and O–H groups in total. The van der Waals surface area contributed by atoms with Crippen molar-refractivity contribution in [3.63, 3.8) is 0 Å². The molecule has 0 saturated carbocycles. The maximum atomic E-state index is 8.73. The van der Waals surface area contributed by atoms with Crippen LogP contribution in [0, 0.1) is 6.92 Å². The molecule has 1 aromatic carbocycles. The Morgan fingerprint density at radius 2 is 1.93 bits per heavy atom. The van der Waals surface area contributed by atoms with Gasteiger partial charge < -0.3 is 10.4 Å². The number of aliphatic hydroxyl groups excluding tert-OH is 1. The third-order valence-electron chi connectivity index (χ3n) is 2.34. The SMILES string of the molecule is Cc1ccc(CNC(C)CCO)cc1. The quantitative estimate of drug-likeness (QED) is 0.748. The third kappa shape index (κ3) is 3.90. The van der Waals surface area contributed by atoms with E-state index in [9.17, 15) is 0 Å². The number of benzene rings is 1. The zero-order valence-corrected chi connectivity index (χ0v) is 8.96. The number of hydrogen-bond acceptors (Lipinski definition) is 2. The fraction of sp³-hybridized carbons (Fsp3) is 0.500. The van der Waals surface area contributed by atoms with Gasteiger partial charge in [-0.1, -0.05) is 29.8 Å². The van der Waals surface area contributed by atoms with Crippen molar-refractivity contribution in [2.75, 3.05) is 6.61 Å². The summed E-state index contributed by atoms with van der Waals surface area (Å²) >= 11 is 0. The van der Waals surface area contributed by atoms with Gasteiger partial charge in [-0.15, -0.1) is 0 Å². The van der Waals surface area contributed by atoms with E-state index in [0.717, 1.165) is 13.0 Å². The van der Waals surface area contributed by atoms with Gasteiger partial charge in [-0.2, -0.15) is 0 Å². The first-order valence-corrected chi connectivity index (χ1v) is 5.12. The van der Waals surface area contributed by atoms with Crippen molar-refractivity contribution in [2.45, 2.75) is 32.9 Å². The van der Waals surface area contributed by atoms with E-state index in [-0.39, 0.29) is 6.61 Å². The van der Waals surface area contributed by atoms with Crippen molar-refractivity contribution in [3.05, 3.63) is 35.4 Å². The number of aryl methyl sites for hydroxylation is 1. The van der Waals surface area contributed by atoms with E-state index in [1.54, 1.807) is 0 Å². The number of rotatable bonds is 5. The Morgan fingerprint density at radius 3 is 2.50 bits per heavy atom. The molecule has 0 fully saturated rings. The summed E-state index contributed by atoms with van der Waals surface area (Å²) in [7, 11) is 0. The van der Waals surface area contributed by atoms with Gasteiger partial charge in [-0.25, -0.2) is 0 Å². The van der Waals surface area contributed by atoms with Crippen molar-refractivity contribution in [2.24, 2.45) is 0 Å². The second-order valence-electron chi connectivity index (χ2n) is 3.78. The van der Waals surface area contributed by atoms with Gasteiger partial charge in [0.05, 0.1) is 0 Å². The summed E-state index contributed by atoms with van der Waals surface area (Å²) in [6.45, 7) is 5.31. The minimum absolute atomic E-state index is 0.252. The maximum Gasteiger partial charge on any atom is 0.0445 e. The van der Waals surface area contributed by atoms with Crippen molar-refractivity contribution in [1.29, 1.82) is 0 Å². The van der Waals surface area contributed by atoms with E-state index < -0.39 is 0 Å². The van der Waals surface area contributed by atoms with Crippen molar-refractivity contribution in [1.82, 2.24) is 5.32 Å². The van der Waals surface area contributed by atoms with Crippen LogP contribution in [0.4, 0.5) is 0 Å². The summed E-state index contributed by atoms with van der Waals surface area (Å²) in [4.78, 5) is 0. The molecule has 0 aliphatic rings. The Balaban J connectivity index is 2.34. The number of hydrogen-bond donors (Lipinski definition) is 2. The van der Waals surface area contributed by atoms with Gasteiger partial charge in [0.1, 0.15) is 0 Å².